The van der Waals surface area contributed by atoms with Crippen molar-refractivity contribution in [3.05, 3.63) is 39.9 Å². The summed E-state index contributed by atoms with van der Waals surface area (Å²) in [5, 5.41) is 14.2. The van der Waals surface area contributed by atoms with Gasteiger partial charge in [-0.1, -0.05) is 12.1 Å². The maximum absolute atomic E-state index is 11.7. The van der Waals surface area contributed by atoms with Crippen molar-refractivity contribution in [3.8, 4) is 0 Å². The van der Waals surface area contributed by atoms with E-state index >= 15 is 0 Å². The SMILES string of the molecule is COC(=O)C1CCN(C(=NCc2ccc([N+](=O)[O-])cc2)NCCCSC)CC1.I. The molecule has 0 bridgehead atoms. The van der Waals surface area contributed by atoms with Gasteiger partial charge in [-0.25, -0.2) is 4.99 Å². The predicted octanol–water partition coefficient (Wildman–Crippen LogP) is 3.30. The van der Waals surface area contributed by atoms with Crippen molar-refractivity contribution in [2.45, 2.75) is 25.8 Å². The average molecular weight is 536 g/mol. The molecule has 1 saturated heterocycles. The van der Waals surface area contributed by atoms with Crippen LogP contribution in [0.4, 0.5) is 5.69 Å². The summed E-state index contributed by atoms with van der Waals surface area (Å²) in [6.45, 7) is 2.76. The molecule has 1 heterocycles. The lowest BCUT2D eigenvalue weighted by Crippen LogP contribution is -2.47. The van der Waals surface area contributed by atoms with Gasteiger partial charge in [0.2, 0.25) is 0 Å². The van der Waals surface area contributed by atoms with E-state index in [1.54, 1.807) is 12.1 Å². The van der Waals surface area contributed by atoms with E-state index in [1.807, 2.05) is 11.8 Å². The number of guanidine groups is 1. The molecule has 10 heteroatoms. The molecule has 0 saturated carbocycles. The Morgan fingerprint density at radius 2 is 2.00 bits per heavy atom. The van der Waals surface area contributed by atoms with Gasteiger partial charge >= 0.3 is 5.97 Å². The number of rotatable bonds is 8. The third-order valence-corrected chi connectivity index (χ3v) is 5.39. The maximum atomic E-state index is 11.7. The van der Waals surface area contributed by atoms with Gasteiger partial charge in [0.1, 0.15) is 0 Å². The van der Waals surface area contributed by atoms with Gasteiger partial charge in [0, 0.05) is 31.8 Å². The number of non-ortho nitro benzene ring substituents is 1. The number of benzene rings is 1. The summed E-state index contributed by atoms with van der Waals surface area (Å²) in [7, 11) is 1.43. The fourth-order valence-corrected chi connectivity index (χ4v) is 3.50. The van der Waals surface area contributed by atoms with Crippen molar-refractivity contribution in [2.24, 2.45) is 10.9 Å². The van der Waals surface area contributed by atoms with Gasteiger partial charge in [0.25, 0.3) is 5.69 Å². The molecule has 0 radical (unpaired) electrons. The van der Waals surface area contributed by atoms with Gasteiger partial charge < -0.3 is 15.0 Å². The molecule has 1 aromatic rings. The molecular formula is C19H29IN4O4S. The summed E-state index contributed by atoms with van der Waals surface area (Å²) >= 11 is 1.81. The maximum Gasteiger partial charge on any atom is 0.308 e. The summed E-state index contributed by atoms with van der Waals surface area (Å²) in [5.41, 5.74) is 0.992. The summed E-state index contributed by atoms with van der Waals surface area (Å²) in [6.07, 6.45) is 4.61. The van der Waals surface area contributed by atoms with Crippen LogP contribution in [0.5, 0.6) is 0 Å². The minimum Gasteiger partial charge on any atom is -0.469 e. The van der Waals surface area contributed by atoms with Gasteiger partial charge in [-0.15, -0.1) is 24.0 Å². The number of aliphatic imine (C=N–C) groups is 1. The van der Waals surface area contributed by atoms with Gasteiger partial charge in [-0.3, -0.25) is 14.9 Å². The molecule has 0 aromatic heterocycles. The number of carbonyl (C=O) groups excluding carboxylic acids is 1. The zero-order valence-corrected chi connectivity index (χ0v) is 20.0. The molecule has 1 aromatic carbocycles. The Kier molecular flexibility index (Phi) is 12.0. The largest absolute Gasteiger partial charge is 0.469 e. The first-order valence-corrected chi connectivity index (χ1v) is 10.8. The molecule has 8 nitrogen and oxygen atoms in total. The Morgan fingerprint density at radius 1 is 1.34 bits per heavy atom. The van der Waals surface area contributed by atoms with E-state index in [1.165, 1.54) is 19.2 Å². The van der Waals surface area contributed by atoms with Crippen LogP contribution in [0.25, 0.3) is 0 Å². The van der Waals surface area contributed by atoms with Crippen LogP contribution in [-0.2, 0) is 16.1 Å². The van der Waals surface area contributed by atoms with Gasteiger partial charge in [0.05, 0.1) is 24.5 Å². The number of esters is 1. The van der Waals surface area contributed by atoms with Crippen molar-refractivity contribution in [1.29, 1.82) is 0 Å². The normalized spacial score (nSPS) is 14.8. The Bertz CT molecular complexity index is 679. The highest BCUT2D eigenvalue weighted by Crippen LogP contribution is 2.19. The van der Waals surface area contributed by atoms with Crippen molar-refractivity contribution in [2.75, 3.05) is 38.8 Å². The lowest BCUT2D eigenvalue weighted by molar-refractivity contribution is -0.384. The van der Waals surface area contributed by atoms with Crippen LogP contribution in [0, 0.1) is 16.0 Å². The molecule has 1 fully saturated rings. The number of hydrogen-bond donors (Lipinski definition) is 1. The Hall–Kier alpha value is -1.56. The molecule has 2 rings (SSSR count). The lowest BCUT2D eigenvalue weighted by atomic mass is 9.97. The molecule has 0 spiro atoms. The second-order valence-corrected chi connectivity index (χ2v) is 7.61. The highest BCUT2D eigenvalue weighted by molar-refractivity contribution is 14.0. The van der Waals surface area contributed by atoms with Crippen LogP contribution < -0.4 is 5.32 Å². The fourth-order valence-electron chi connectivity index (χ4n) is 3.07. The van der Waals surface area contributed by atoms with Crippen LogP contribution in [0.2, 0.25) is 0 Å². The molecule has 0 aliphatic carbocycles. The van der Waals surface area contributed by atoms with Gasteiger partial charge in [0.15, 0.2) is 5.96 Å². The summed E-state index contributed by atoms with van der Waals surface area (Å²) in [5.74, 6) is 1.71. The van der Waals surface area contributed by atoms with E-state index < -0.39 is 4.92 Å². The monoisotopic (exact) mass is 536 g/mol. The number of nitrogens with zero attached hydrogens (tertiary/aromatic N) is 3. The van der Waals surface area contributed by atoms with E-state index in [4.69, 9.17) is 9.73 Å². The molecule has 1 aliphatic heterocycles. The van der Waals surface area contributed by atoms with Crippen molar-refractivity contribution in [1.82, 2.24) is 10.2 Å². The Labute approximate surface area is 193 Å². The number of likely N-dealkylation sites (tertiary alicyclic amines) is 1. The molecule has 1 N–H and O–H groups in total. The van der Waals surface area contributed by atoms with E-state index in [2.05, 4.69) is 16.5 Å². The van der Waals surface area contributed by atoms with E-state index in [0.29, 0.717) is 6.54 Å². The fraction of sp³-hybridized carbons (Fsp3) is 0.579. The number of methoxy groups -OCH3 is 1. The van der Waals surface area contributed by atoms with Crippen molar-refractivity contribution < 1.29 is 14.5 Å². The van der Waals surface area contributed by atoms with Crippen molar-refractivity contribution in [3.63, 3.8) is 0 Å². The minimum absolute atomic E-state index is 0. The zero-order chi connectivity index (χ0) is 20.4. The minimum atomic E-state index is -0.406. The molecule has 0 unspecified atom stereocenters. The van der Waals surface area contributed by atoms with Crippen LogP contribution in [0.1, 0.15) is 24.8 Å². The van der Waals surface area contributed by atoms with Crippen LogP contribution in [0.15, 0.2) is 29.3 Å². The predicted molar refractivity (Wildman–Crippen MR) is 127 cm³/mol. The first-order valence-electron chi connectivity index (χ1n) is 9.38. The summed E-state index contributed by atoms with van der Waals surface area (Å²) in [4.78, 5) is 29.0. The quantitative estimate of drug-likeness (QED) is 0.104. The lowest BCUT2D eigenvalue weighted by Gasteiger charge is -2.33. The van der Waals surface area contributed by atoms with E-state index in [-0.39, 0.29) is 41.6 Å². The van der Waals surface area contributed by atoms with E-state index in [9.17, 15) is 14.9 Å². The topological polar surface area (TPSA) is 97.1 Å². The Balaban J connectivity index is 0.00000420. The molecule has 0 amide bonds. The van der Waals surface area contributed by atoms with Crippen LogP contribution in [-0.4, -0.2) is 60.5 Å². The Morgan fingerprint density at radius 3 is 2.55 bits per heavy atom. The number of thioether (sulfide) groups is 1. The number of piperidine rings is 1. The number of carbonyl (C=O) groups is 1. The molecule has 162 valence electrons. The third-order valence-electron chi connectivity index (χ3n) is 4.70. The number of halogens is 1. The third kappa shape index (κ3) is 8.37. The average Bonchev–Trinajstić information content (AvgIpc) is 2.73. The smallest absolute Gasteiger partial charge is 0.308 e. The van der Waals surface area contributed by atoms with E-state index in [0.717, 1.165) is 56.2 Å². The van der Waals surface area contributed by atoms with Gasteiger partial charge in [-0.05, 0) is 36.8 Å². The number of ether oxygens (including phenoxy) is 1. The number of nitro benzene ring substituents is 1. The first kappa shape index (κ1) is 25.5. The highest BCUT2D eigenvalue weighted by Gasteiger charge is 2.27. The second-order valence-electron chi connectivity index (χ2n) is 6.62. The van der Waals surface area contributed by atoms with Crippen LogP contribution >= 0.6 is 35.7 Å². The standard InChI is InChI=1S/C19H28N4O4S.HI/c1-27-18(24)16-8-11-22(12-9-16)19(20-10-3-13-28-2)21-14-15-4-6-17(7-5-15)23(25)26;/h4-7,16H,3,8-14H2,1-2H3,(H,20,21);1H. The zero-order valence-electron chi connectivity index (χ0n) is 16.8. The summed E-state index contributed by atoms with van der Waals surface area (Å²) in [6, 6.07) is 6.46. The second kappa shape index (κ2) is 13.6. The van der Waals surface area contributed by atoms with Crippen molar-refractivity contribution >= 4 is 53.4 Å². The van der Waals surface area contributed by atoms with Crippen LogP contribution in [0.3, 0.4) is 0 Å². The first-order chi connectivity index (χ1) is 13.5. The highest BCUT2D eigenvalue weighted by atomic mass is 127. The molecule has 1 aliphatic rings. The number of nitrogens with one attached hydrogen (secondary N) is 1. The molecule has 29 heavy (non-hydrogen) atoms. The van der Waals surface area contributed by atoms with Gasteiger partial charge in [-0.2, -0.15) is 11.8 Å². The summed E-state index contributed by atoms with van der Waals surface area (Å²) < 4.78 is 4.86. The molecule has 0 atom stereocenters. The number of nitro groups is 1. The molecular weight excluding hydrogens is 507 g/mol. The number of hydrogen-bond acceptors (Lipinski definition) is 6.